The molecule has 0 aliphatic rings. The van der Waals surface area contributed by atoms with Crippen LogP contribution in [0, 0.1) is 18.6 Å². The van der Waals surface area contributed by atoms with Gasteiger partial charge in [0.05, 0.1) is 0 Å². The summed E-state index contributed by atoms with van der Waals surface area (Å²) in [6, 6.07) is 3.44. The number of anilines is 2. The Morgan fingerprint density at radius 2 is 2.06 bits per heavy atom. The quantitative estimate of drug-likeness (QED) is 0.877. The molecule has 0 amide bonds. The van der Waals surface area contributed by atoms with Crippen molar-refractivity contribution in [3.63, 3.8) is 0 Å². The highest BCUT2D eigenvalue weighted by Crippen LogP contribution is 2.17. The van der Waals surface area contributed by atoms with Crippen molar-refractivity contribution in [2.45, 2.75) is 13.5 Å². The van der Waals surface area contributed by atoms with Gasteiger partial charge in [-0.15, -0.1) is 0 Å². The molecule has 0 atom stereocenters. The number of nitrogens with zero attached hydrogens (tertiary/aromatic N) is 2. The standard InChI is InChI=1S/C12H12F2N4/c1-7-11(15)17-6-18-12(7)16-5-8-2-3-9(13)4-10(8)14/h2-4,6H,5H2,1H3,(H3,15,16,17,18). The van der Waals surface area contributed by atoms with Crippen molar-refractivity contribution in [1.82, 2.24) is 9.97 Å². The van der Waals surface area contributed by atoms with Gasteiger partial charge >= 0.3 is 0 Å². The molecular weight excluding hydrogens is 238 g/mol. The Bertz CT molecular complexity index is 572. The predicted molar refractivity (Wildman–Crippen MR) is 64.9 cm³/mol. The molecule has 1 aromatic heterocycles. The molecule has 0 fully saturated rings. The van der Waals surface area contributed by atoms with Crippen molar-refractivity contribution in [3.05, 3.63) is 47.3 Å². The molecule has 0 saturated heterocycles. The van der Waals surface area contributed by atoms with Crippen LogP contribution in [-0.2, 0) is 6.54 Å². The maximum absolute atomic E-state index is 13.4. The van der Waals surface area contributed by atoms with E-state index in [-0.39, 0.29) is 6.54 Å². The van der Waals surface area contributed by atoms with Crippen molar-refractivity contribution in [2.24, 2.45) is 0 Å². The third-order valence-electron chi connectivity index (χ3n) is 2.58. The monoisotopic (exact) mass is 250 g/mol. The Morgan fingerprint density at radius 1 is 1.28 bits per heavy atom. The van der Waals surface area contributed by atoms with Crippen LogP contribution in [-0.4, -0.2) is 9.97 Å². The third kappa shape index (κ3) is 2.53. The molecule has 0 aliphatic heterocycles. The van der Waals surface area contributed by atoms with Crippen LogP contribution in [0.5, 0.6) is 0 Å². The van der Waals surface area contributed by atoms with E-state index in [1.165, 1.54) is 18.5 Å². The molecule has 0 saturated carbocycles. The number of rotatable bonds is 3. The average molecular weight is 250 g/mol. The first-order valence-corrected chi connectivity index (χ1v) is 5.33. The molecule has 1 heterocycles. The van der Waals surface area contributed by atoms with Gasteiger partial charge in [-0.1, -0.05) is 6.07 Å². The maximum atomic E-state index is 13.4. The van der Waals surface area contributed by atoms with E-state index < -0.39 is 11.6 Å². The summed E-state index contributed by atoms with van der Waals surface area (Å²) in [5.41, 5.74) is 6.67. The van der Waals surface area contributed by atoms with Gasteiger partial charge in [-0.3, -0.25) is 0 Å². The number of nitrogens with one attached hydrogen (secondary N) is 1. The number of nitrogen functional groups attached to an aromatic ring is 1. The van der Waals surface area contributed by atoms with E-state index in [1.807, 2.05) is 0 Å². The summed E-state index contributed by atoms with van der Waals surface area (Å²) in [6.07, 6.45) is 1.33. The summed E-state index contributed by atoms with van der Waals surface area (Å²) in [6.45, 7) is 1.96. The molecule has 0 unspecified atom stereocenters. The summed E-state index contributed by atoms with van der Waals surface area (Å²) in [5.74, 6) is -0.292. The van der Waals surface area contributed by atoms with Gasteiger partial charge in [0.2, 0.25) is 0 Å². The van der Waals surface area contributed by atoms with Crippen molar-refractivity contribution < 1.29 is 8.78 Å². The highest BCUT2D eigenvalue weighted by molar-refractivity contribution is 5.53. The zero-order chi connectivity index (χ0) is 13.1. The fourth-order valence-corrected chi connectivity index (χ4v) is 1.49. The maximum Gasteiger partial charge on any atom is 0.134 e. The summed E-state index contributed by atoms with van der Waals surface area (Å²) >= 11 is 0. The molecule has 2 aromatic rings. The van der Waals surface area contributed by atoms with Crippen LogP contribution in [0.4, 0.5) is 20.4 Å². The van der Waals surface area contributed by atoms with E-state index in [4.69, 9.17) is 5.73 Å². The van der Waals surface area contributed by atoms with E-state index in [0.29, 0.717) is 22.8 Å². The molecule has 6 heteroatoms. The second-order valence-electron chi connectivity index (χ2n) is 3.82. The predicted octanol–water partition coefficient (Wildman–Crippen LogP) is 2.26. The summed E-state index contributed by atoms with van der Waals surface area (Å²) in [4.78, 5) is 7.83. The fraction of sp³-hybridized carbons (Fsp3) is 0.167. The highest BCUT2D eigenvalue weighted by Gasteiger charge is 2.06. The fourth-order valence-electron chi connectivity index (χ4n) is 1.49. The topological polar surface area (TPSA) is 63.8 Å². The molecule has 18 heavy (non-hydrogen) atoms. The van der Waals surface area contributed by atoms with Crippen molar-refractivity contribution in [1.29, 1.82) is 0 Å². The van der Waals surface area contributed by atoms with Gasteiger partial charge in [0.25, 0.3) is 0 Å². The van der Waals surface area contributed by atoms with Gasteiger partial charge in [-0.25, -0.2) is 18.7 Å². The number of benzene rings is 1. The van der Waals surface area contributed by atoms with Gasteiger partial charge in [0.15, 0.2) is 0 Å². The number of hydrogen-bond acceptors (Lipinski definition) is 4. The van der Waals surface area contributed by atoms with Crippen LogP contribution < -0.4 is 11.1 Å². The minimum absolute atomic E-state index is 0.198. The largest absolute Gasteiger partial charge is 0.383 e. The average Bonchev–Trinajstić information content (AvgIpc) is 2.33. The molecule has 1 aromatic carbocycles. The summed E-state index contributed by atoms with van der Waals surface area (Å²) in [7, 11) is 0. The first-order valence-electron chi connectivity index (χ1n) is 5.33. The Balaban J connectivity index is 2.14. The molecule has 0 bridgehead atoms. The van der Waals surface area contributed by atoms with E-state index >= 15 is 0 Å². The van der Waals surface area contributed by atoms with Crippen molar-refractivity contribution in [2.75, 3.05) is 11.1 Å². The van der Waals surface area contributed by atoms with E-state index in [9.17, 15) is 8.78 Å². The van der Waals surface area contributed by atoms with Gasteiger partial charge < -0.3 is 11.1 Å². The minimum atomic E-state index is -0.598. The van der Waals surface area contributed by atoms with Crippen molar-refractivity contribution >= 4 is 11.6 Å². The molecule has 3 N–H and O–H groups in total. The van der Waals surface area contributed by atoms with E-state index in [0.717, 1.165) is 6.07 Å². The Hall–Kier alpha value is -2.24. The number of aromatic nitrogens is 2. The third-order valence-corrected chi connectivity index (χ3v) is 2.58. The zero-order valence-electron chi connectivity index (χ0n) is 9.74. The summed E-state index contributed by atoms with van der Waals surface area (Å²) in [5, 5.41) is 2.94. The highest BCUT2D eigenvalue weighted by atomic mass is 19.1. The molecule has 4 nitrogen and oxygen atoms in total. The van der Waals surface area contributed by atoms with E-state index in [1.54, 1.807) is 6.92 Å². The normalized spacial score (nSPS) is 10.4. The summed E-state index contributed by atoms with van der Waals surface area (Å²) < 4.78 is 26.1. The van der Waals surface area contributed by atoms with Crippen LogP contribution in [0.25, 0.3) is 0 Å². The van der Waals surface area contributed by atoms with Crippen LogP contribution in [0.3, 0.4) is 0 Å². The lowest BCUT2D eigenvalue weighted by atomic mass is 10.2. The number of halogens is 2. The van der Waals surface area contributed by atoms with Crippen LogP contribution in [0.15, 0.2) is 24.5 Å². The van der Waals surface area contributed by atoms with E-state index in [2.05, 4.69) is 15.3 Å². The first-order chi connectivity index (χ1) is 8.58. The number of nitrogens with two attached hydrogens (primary N) is 1. The van der Waals surface area contributed by atoms with Gasteiger partial charge in [0, 0.05) is 23.7 Å². The zero-order valence-corrected chi connectivity index (χ0v) is 9.74. The van der Waals surface area contributed by atoms with Gasteiger partial charge in [0.1, 0.15) is 29.6 Å². The van der Waals surface area contributed by atoms with Crippen LogP contribution in [0.2, 0.25) is 0 Å². The Morgan fingerprint density at radius 3 is 2.78 bits per heavy atom. The lowest BCUT2D eigenvalue weighted by Crippen LogP contribution is -2.07. The second kappa shape index (κ2) is 4.95. The molecular formula is C12H12F2N4. The first kappa shape index (κ1) is 12.2. The molecule has 0 radical (unpaired) electrons. The second-order valence-corrected chi connectivity index (χ2v) is 3.82. The molecule has 0 aliphatic carbocycles. The molecule has 2 rings (SSSR count). The van der Waals surface area contributed by atoms with Crippen molar-refractivity contribution in [3.8, 4) is 0 Å². The molecule has 0 spiro atoms. The Labute approximate surface area is 103 Å². The van der Waals surface area contributed by atoms with Crippen LogP contribution >= 0.6 is 0 Å². The number of hydrogen-bond donors (Lipinski definition) is 2. The molecule has 94 valence electrons. The Kier molecular flexibility index (Phi) is 3.36. The van der Waals surface area contributed by atoms with Gasteiger partial charge in [-0.2, -0.15) is 0 Å². The SMILES string of the molecule is Cc1c(N)ncnc1NCc1ccc(F)cc1F. The smallest absolute Gasteiger partial charge is 0.134 e. The van der Waals surface area contributed by atoms with Gasteiger partial charge in [-0.05, 0) is 13.0 Å². The lowest BCUT2D eigenvalue weighted by Gasteiger charge is -2.09. The lowest BCUT2D eigenvalue weighted by molar-refractivity contribution is 0.574. The minimum Gasteiger partial charge on any atom is -0.383 e. The van der Waals surface area contributed by atoms with Crippen LogP contribution in [0.1, 0.15) is 11.1 Å².